The SMILES string of the molecule is COC[C@@H]1CCC[C@H](SC#N)C1. The summed E-state index contributed by atoms with van der Waals surface area (Å²) in [4.78, 5) is 0. The van der Waals surface area contributed by atoms with Crippen LogP contribution in [0.2, 0.25) is 0 Å². The first-order valence-electron chi connectivity index (χ1n) is 4.40. The molecule has 12 heavy (non-hydrogen) atoms. The summed E-state index contributed by atoms with van der Waals surface area (Å²) in [5, 5.41) is 11.3. The van der Waals surface area contributed by atoms with Gasteiger partial charge >= 0.3 is 0 Å². The van der Waals surface area contributed by atoms with Crippen molar-refractivity contribution in [2.45, 2.75) is 30.9 Å². The fraction of sp³-hybridized carbons (Fsp3) is 0.889. The average molecular weight is 185 g/mol. The highest BCUT2D eigenvalue weighted by Crippen LogP contribution is 2.31. The molecule has 0 aromatic carbocycles. The van der Waals surface area contributed by atoms with Gasteiger partial charge in [-0.25, -0.2) is 0 Å². The first kappa shape index (κ1) is 9.88. The van der Waals surface area contributed by atoms with E-state index in [0.717, 1.165) is 13.0 Å². The normalized spacial score (nSPS) is 29.7. The highest BCUT2D eigenvalue weighted by atomic mass is 32.2. The molecule has 0 saturated heterocycles. The van der Waals surface area contributed by atoms with E-state index in [9.17, 15) is 0 Å². The molecule has 0 N–H and O–H groups in total. The second-order valence-corrected chi connectivity index (χ2v) is 4.40. The van der Waals surface area contributed by atoms with Crippen LogP contribution in [0.1, 0.15) is 25.7 Å². The molecular weight excluding hydrogens is 170 g/mol. The number of thiocyanates is 1. The van der Waals surface area contributed by atoms with Gasteiger partial charge in [-0.1, -0.05) is 6.42 Å². The highest BCUT2D eigenvalue weighted by molar-refractivity contribution is 8.04. The minimum absolute atomic E-state index is 0.559. The Balaban J connectivity index is 2.26. The Labute approximate surface area is 78.3 Å². The number of rotatable bonds is 3. The summed E-state index contributed by atoms with van der Waals surface area (Å²) < 4.78 is 5.12. The molecule has 1 fully saturated rings. The number of nitriles is 1. The van der Waals surface area contributed by atoms with Gasteiger partial charge in [-0.15, -0.1) is 0 Å². The van der Waals surface area contributed by atoms with Gasteiger partial charge in [0.1, 0.15) is 5.40 Å². The zero-order valence-corrected chi connectivity index (χ0v) is 8.27. The molecule has 3 heteroatoms. The molecule has 0 aromatic rings. The maximum absolute atomic E-state index is 8.52. The van der Waals surface area contributed by atoms with Crippen molar-refractivity contribution in [3.05, 3.63) is 0 Å². The van der Waals surface area contributed by atoms with Gasteiger partial charge in [0, 0.05) is 19.0 Å². The molecule has 0 unspecified atom stereocenters. The van der Waals surface area contributed by atoms with Crippen LogP contribution >= 0.6 is 11.8 Å². The van der Waals surface area contributed by atoms with E-state index in [-0.39, 0.29) is 0 Å². The zero-order chi connectivity index (χ0) is 8.81. The first-order valence-corrected chi connectivity index (χ1v) is 5.28. The lowest BCUT2D eigenvalue weighted by Gasteiger charge is -2.26. The van der Waals surface area contributed by atoms with E-state index in [0.29, 0.717) is 11.2 Å². The number of methoxy groups -OCH3 is 1. The Hall–Kier alpha value is -0.200. The van der Waals surface area contributed by atoms with E-state index < -0.39 is 0 Å². The van der Waals surface area contributed by atoms with Crippen LogP contribution in [0.15, 0.2) is 0 Å². The molecule has 1 saturated carbocycles. The third-order valence-corrected chi connectivity index (χ3v) is 3.22. The first-order chi connectivity index (χ1) is 5.86. The Kier molecular flexibility index (Phi) is 4.49. The van der Waals surface area contributed by atoms with Crippen LogP contribution in [0.25, 0.3) is 0 Å². The van der Waals surface area contributed by atoms with Crippen LogP contribution in [0.3, 0.4) is 0 Å². The fourth-order valence-electron chi connectivity index (χ4n) is 1.81. The molecule has 1 aliphatic carbocycles. The minimum Gasteiger partial charge on any atom is -0.384 e. The van der Waals surface area contributed by atoms with E-state index in [1.54, 1.807) is 7.11 Å². The zero-order valence-electron chi connectivity index (χ0n) is 7.45. The molecule has 0 radical (unpaired) electrons. The van der Waals surface area contributed by atoms with Gasteiger partial charge in [0.05, 0.1) is 0 Å². The Morgan fingerprint density at radius 2 is 2.42 bits per heavy atom. The average Bonchev–Trinajstić information content (AvgIpc) is 2.06. The molecular formula is C9H15NOS. The van der Waals surface area contributed by atoms with Crippen LogP contribution in [0.5, 0.6) is 0 Å². The minimum atomic E-state index is 0.559. The third-order valence-electron chi connectivity index (χ3n) is 2.36. The van der Waals surface area contributed by atoms with Crippen LogP contribution in [-0.4, -0.2) is 19.0 Å². The summed E-state index contributed by atoms with van der Waals surface area (Å²) in [5.74, 6) is 0.689. The van der Waals surface area contributed by atoms with E-state index in [2.05, 4.69) is 5.40 Å². The maximum atomic E-state index is 8.52. The topological polar surface area (TPSA) is 33.0 Å². The maximum Gasteiger partial charge on any atom is 0.133 e. The van der Waals surface area contributed by atoms with Gasteiger partial charge in [-0.3, -0.25) is 0 Å². The number of thioether (sulfide) groups is 1. The van der Waals surface area contributed by atoms with Crippen molar-refractivity contribution in [1.82, 2.24) is 0 Å². The van der Waals surface area contributed by atoms with Crippen molar-refractivity contribution in [2.75, 3.05) is 13.7 Å². The summed E-state index contributed by atoms with van der Waals surface area (Å²) >= 11 is 1.43. The standard InChI is InChI=1S/C9H15NOS/c1-11-6-8-3-2-4-9(5-8)12-7-10/h8-9H,2-6H2,1H3/t8-,9+/m1/s1. The van der Waals surface area contributed by atoms with Crippen LogP contribution < -0.4 is 0 Å². The molecule has 2 nitrogen and oxygen atoms in total. The van der Waals surface area contributed by atoms with Crippen molar-refractivity contribution in [2.24, 2.45) is 5.92 Å². The van der Waals surface area contributed by atoms with E-state index >= 15 is 0 Å². The second-order valence-electron chi connectivity index (χ2n) is 3.32. The quantitative estimate of drug-likeness (QED) is 0.633. The van der Waals surface area contributed by atoms with Crippen LogP contribution in [0.4, 0.5) is 0 Å². The number of nitrogens with zero attached hydrogens (tertiary/aromatic N) is 1. The monoisotopic (exact) mass is 185 g/mol. The summed E-state index contributed by atoms with van der Waals surface area (Å²) in [6.45, 7) is 0.864. The largest absolute Gasteiger partial charge is 0.384 e. The molecule has 0 bridgehead atoms. The predicted molar refractivity (Wildman–Crippen MR) is 50.8 cm³/mol. The van der Waals surface area contributed by atoms with Crippen molar-refractivity contribution >= 4 is 11.8 Å². The van der Waals surface area contributed by atoms with Crippen LogP contribution in [0, 0.1) is 16.6 Å². The van der Waals surface area contributed by atoms with E-state index in [4.69, 9.17) is 10.00 Å². The van der Waals surface area contributed by atoms with Gasteiger partial charge in [0.15, 0.2) is 0 Å². The lowest BCUT2D eigenvalue weighted by atomic mass is 9.89. The Bertz CT molecular complexity index is 164. The van der Waals surface area contributed by atoms with Gasteiger partial charge in [-0.2, -0.15) is 5.26 Å². The lowest BCUT2D eigenvalue weighted by molar-refractivity contribution is 0.133. The summed E-state index contributed by atoms with van der Waals surface area (Å²) in [6, 6.07) is 0. The van der Waals surface area contributed by atoms with Gasteiger partial charge in [0.25, 0.3) is 0 Å². The van der Waals surface area contributed by atoms with E-state index in [1.807, 2.05) is 0 Å². The third kappa shape index (κ3) is 3.04. The van der Waals surface area contributed by atoms with Crippen molar-refractivity contribution in [3.63, 3.8) is 0 Å². The highest BCUT2D eigenvalue weighted by Gasteiger charge is 2.21. The molecule has 0 amide bonds. The fourth-order valence-corrected chi connectivity index (χ4v) is 2.61. The van der Waals surface area contributed by atoms with Gasteiger partial charge in [0.2, 0.25) is 0 Å². The van der Waals surface area contributed by atoms with Gasteiger partial charge < -0.3 is 4.74 Å². The summed E-state index contributed by atoms with van der Waals surface area (Å²) in [6.07, 6.45) is 4.90. The van der Waals surface area contributed by atoms with Gasteiger partial charge in [-0.05, 0) is 36.9 Å². The predicted octanol–water partition coefficient (Wildman–Crippen LogP) is 2.41. The molecule has 1 rings (SSSR count). The van der Waals surface area contributed by atoms with Crippen molar-refractivity contribution in [1.29, 1.82) is 5.26 Å². The summed E-state index contributed by atoms with van der Waals surface area (Å²) in [5.41, 5.74) is 0. The van der Waals surface area contributed by atoms with Crippen molar-refractivity contribution in [3.8, 4) is 5.40 Å². The smallest absolute Gasteiger partial charge is 0.133 e. The number of hydrogen-bond donors (Lipinski definition) is 0. The Morgan fingerprint density at radius 1 is 1.58 bits per heavy atom. The number of ether oxygens (including phenoxy) is 1. The molecule has 2 atom stereocenters. The second kappa shape index (κ2) is 5.45. The number of hydrogen-bond acceptors (Lipinski definition) is 3. The molecule has 0 aromatic heterocycles. The molecule has 0 heterocycles. The van der Waals surface area contributed by atoms with Crippen LogP contribution in [-0.2, 0) is 4.74 Å². The molecule has 68 valence electrons. The summed E-state index contributed by atoms with van der Waals surface area (Å²) in [7, 11) is 1.75. The Morgan fingerprint density at radius 3 is 3.08 bits per heavy atom. The molecule has 0 spiro atoms. The van der Waals surface area contributed by atoms with E-state index in [1.165, 1.54) is 31.0 Å². The van der Waals surface area contributed by atoms with Crippen molar-refractivity contribution < 1.29 is 4.74 Å². The molecule has 1 aliphatic rings. The lowest BCUT2D eigenvalue weighted by Crippen LogP contribution is -2.20. The molecule has 0 aliphatic heterocycles.